The number of rotatable bonds is 10. The molecule has 7 heteroatoms. The number of fused-ring (bicyclic) bond motifs is 1. The first-order valence-electron chi connectivity index (χ1n) is 13.8. The van der Waals surface area contributed by atoms with Crippen molar-refractivity contribution >= 4 is 23.4 Å². The topological polar surface area (TPSA) is 67.9 Å². The third-order valence-electron chi connectivity index (χ3n) is 7.47. The van der Waals surface area contributed by atoms with Crippen molar-refractivity contribution in [2.24, 2.45) is 0 Å². The molecule has 0 saturated heterocycles. The molecule has 0 aromatic heterocycles. The molecule has 2 amide bonds. The molecule has 39 heavy (non-hydrogen) atoms. The molecule has 1 heterocycles. The standard InChI is InChI=1S/C32H35ClN2O4/c33-26-14-10-25(11-15-26)22-35(31(36)17-13-24-12-16-29-30(21-24)39-19-18-38-29)28(20-23-6-2-1-3-7-23)32(37)34-27-8-4-5-9-27/h1-3,6-7,10-12,14-16,21,27-28H,4-5,8-9,13,17-20,22H2,(H,34,37)/t28-/m0/s1. The van der Waals surface area contributed by atoms with Gasteiger partial charge in [-0.25, -0.2) is 0 Å². The fourth-order valence-corrected chi connectivity index (χ4v) is 5.47. The highest BCUT2D eigenvalue weighted by molar-refractivity contribution is 6.30. The number of carbonyl (C=O) groups is 2. The summed E-state index contributed by atoms with van der Waals surface area (Å²) in [5, 5.41) is 3.89. The monoisotopic (exact) mass is 546 g/mol. The van der Waals surface area contributed by atoms with Crippen LogP contribution in [0.3, 0.4) is 0 Å². The SMILES string of the molecule is O=C(NC1CCCC1)[C@H](Cc1ccccc1)N(Cc1ccc(Cl)cc1)C(=O)CCc1ccc2c(c1)OCCO2. The molecule has 6 nitrogen and oxygen atoms in total. The van der Waals surface area contributed by atoms with Crippen LogP contribution in [0.5, 0.6) is 11.5 Å². The summed E-state index contributed by atoms with van der Waals surface area (Å²) in [6.07, 6.45) is 5.47. The molecule has 1 atom stereocenters. The lowest BCUT2D eigenvalue weighted by Gasteiger charge is -2.32. The number of hydrogen-bond acceptors (Lipinski definition) is 4. The predicted octanol–water partition coefficient (Wildman–Crippen LogP) is 5.74. The first-order chi connectivity index (χ1) is 19.0. The van der Waals surface area contributed by atoms with Crippen LogP contribution >= 0.6 is 11.6 Å². The Hall–Kier alpha value is -3.51. The number of ether oxygens (including phenoxy) is 2. The van der Waals surface area contributed by atoms with Gasteiger partial charge in [0.05, 0.1) is 0 Å². The molecule has 0 radical (unpaired) electrons. The van der Waals surface area contributed by atoms with Crippen LogP contribution < -0.4 is 14.8 Å². The van der Waals surface area contributed by atoms with Gasteiger partial charge in [0.15, 0.2) is 11.5 Å². The fraction of sp³-hybridized carbons (Fsp3) is 0.375. The zero-order valence-electron chi connectivity index (χ0n) is 22.1. The normalized spacial score (nSPS) is 15.5. The summed E-state index contributed by atoms with van der Waals surface area (Å²) in [7, 11) is 0. The molecule has 3 aromatic rings. The highest BCUT2D eigenvalue weighted by Gasteiger charge is 2.32. The summed E-state index contributed by atoms with van der Waals surface area (Å²) in [4.78, 5) is 29.4. The van der Waals surface area contributed by atoms with E-state index in [0.29, 0.717) is 43.4 Å². The summed E-state index contributed by atoms with van der Waals surface area (Å²) in [5.41, 5.74) is 2.94. The number of nitrogens with zero attached hydrogens (tertiary/aromatic N) is 1. The third-order valence-corrected chi connectivity index (χ3v) is 7.72. The maximum absolute atomic E-state index is 13.9. The minimum atomic E-state index is -0.628. The van der Waals surface area contributed by atoms with Gasteiger partial charge in [-0.15, -0.1) is 0 Å². The van der Waals surface area contributed by atoms with Gasteiger partial charge in [-0.1, -0.05) is 73.0 Å². The summed E-state index contributed by atoms with van der Waals surface area (Å²) in [6.45, 7) is 1.38. The molecule has 0 unspecified atom stereocenters. The van der Waals surface area contributed by atoms with Crippen LogP contribution in [0, 0.1) is 0 Å². The van der Waals surface area contributed by atoms with E-state index in [9.17, 15) is 9.59 Å². The van der Waals surface area contributed by atoms with Crippen LogP contribution in [0.4, 0.5) is 0 Å². The molecule has 1 fully saturated rings. The number of carbonyl (C=O) groups excluding carboxylic acids is 2. The zero-order valence-corrected chi connectivity index (χ0v) is 22.9. The number of amides is 2. The van der Waals surface area contributed by atoms with Crippen LogP contribution in [-0.2, 0) is 29.0 Å². The van der Waals surface area contributed by atoms with Crippen LogP contribution in [-0.4, -0.2) is 42.0 Å². The number of hydrogen-bond donors (Lipinski definition) is 1. The number of benzene rings is 3. The molecule has 0 bridgehead atoms. The lowest BCUT2D eigenvalue weighted by Crippen LogP contribution is -2.52. The molecule has 0 spiro atoms. The van der Waals surface area contributed by atoms with E-state index in [1.807, 2.05) is 72.8 Å². The Balaban J connectivity index is 1.39. The highest BCUT2D eigenvalue weighted by Crippen LogP contribution is 2.31. The van der Waals surface area contributed by atoms with Crippen molar-refractivity contribution < 1.29 is 19.1 Å². The average Bonchev–Trinajstić information content (AvgIpc) is 3.48. The van der Waals surface area contributed by atoms with Gasteiger partial charge in [-0.3, -0.25) is 9.59 Å². The molecule has 1 saturated carbocycles. The van der Waals surface area contributed by atoms with Gasteiger partial charge in [-0.05, 0) is 60.2 Å². The van der Waals surface area contributed by atoms with E-state index in [1.54, 1.807) is 4.90 Å². The van der Waals surface area contributed by atoms with E-state index >= 15 is 0 Å². The Labute approximate surface area is 235 Å². The van der Waals surface area contributed by atoms with Gasteiger partial charge in [0, 0.05) is 30.5 Å². The van der Waals surface area contributed by atoms with E-state index in [1.165, 1.54) is 0 Å². The summed E-state index contributed by atoms with van der Waals surface area (Å²) >= 11 is 6.13. The van der Waals surface area contributed by atoms with E-state index in [0.717, 1.165) is 48.1 Å². The summed E-state index contributed by atoms with van der Waals surface area (Å²) < 4.78 is 11.4. The van der Waals surface area contributed by atoms with Gasteiger partial charge in [0.1, 0.15) is 19.3 Å². The van der Waals surface area contributed by atoms with Crippen LogP contribution in [0.2, 0.25) is 5.02 Å². The van der Waals surface area contributed by atoms with Gasteiger partial charge < -0.3 is 19.7 Å². The van der Waals surface area contributed by atoms with Crippen LogP contribution in [0.25, 0.3) is 0 Å². The smallest absolute Gasteiger partial charge is 0.243 e. The highest BCUT2D eigenvalue weighted by atomic mass is 35.5. The van der Waals surface area contributed by atoms with Gasteiger partial charge in [0.2, 0.25) is 11.8 Å². The van der Waals surface area contributed by atoms with Crippen molar-refractivity contribution in [3.63, 3.8) is 0 Å². The van der Waals surface area contributed by atoms with Gasteiger partial charge in [0.25, 0.3) is 0 Å². The Morgan fingerprint density at radius 1 is 0.872 bits per heavy atom. The van der Waals surface area contributed by atoms with Crippen molar-refractivity contribution in [2.75, 3.05) is 13.2 Å². The van der Waals surface area contributed by atoms with Crippen molar-refractivity contribution in [1.82, 2.24) is 10.2 Å². The second kappa shape index (κ2) is 13.0. The predicted molar refractivity (Wildman–Crippen MR) is 152 cm³/mol. The number of halogens is 1. The van der Waals surface area contributed by atoms with Crippen LogP contribution in [0.15, 0.2) is 72.8 Å². The zero-order chi connectivity index (χ0) is 27.0. The van der Waals surface area contributed by atoms with Crippen molar-refractivity contribution in [3.8, 4) is 11.5 Å². The van der Waals surface area contributed by atoms with Crippen molar-refractivity contribution in [2.45, 2.75) is 63.6 Å². The molecule has 2 aliphatic rings. The quantitative estimate of drug-likeness (QED) is 0.352. The van der Waals surface area contributed by atoms with Crippen molar-refractivity contribution in [3.05, 3.63) is 94.5 Å². The lowest BCUT2D eigenvalue weighted by molar-refractivity contribution is -0.141. The first-order valence-corrected chi connectivity index (χ1v) is 14.2. The average molecular weight is 547 g/mol. The second-order valence-electron chi connectivity index (χ2n) is 10.3. The fourth-order valence-electron chi connectivity index (χ4n) is 5.35. The largest absolute Gasteiger partial charge is 0.486 e. The van der Waals surface area contributed by atoms with Gasteiger partial charge >= 0.3 is 0 Å². The molecule has 1 aliphatic heterocycles. The Morgan fingerprint density at radius 3 is 2.31 bits per heavy atom. The Bertz CT molecular complexity index is 1260. The van der Waals surface area contributed by atoms with E-state index in [4.69, 9.17) is 21.1 Å². The molecule has 3 aromatic carbocycles. The molecule has 5 rings (SSSR count). The first kappa shape index (κ1) is 27.1. The minimum Gasteiger partial charge on any atom is -0.486 e. The molecular weight excluding hydrogens is 512 g/mol. The van der Waals surface area contributed by atoms with E-state index < -0.39 is 6.04 Å². The summed E-state index contributed by atoms with van der Waals surface area (Å²) in [6, 6.07) is 22.7. The molecule has 1 aliphatic carbocycles. The van der Waals surface area contributed by atoms with E-state index in [-0.39, 0.29) is 24.3 Å². The summed E-state index contributed by atoms with van der Waals surface area (Å²) in [5.74, 6) is 1.28. The van der Waals surface area contributed by atoms with Gasteiger partial charge in [-0.2, -0.15) is 0 Å². The third kappa shape index (κ3) is 7.33. The number of nitrogens with one attached hydrogen (secondary N) is 1. The maximum Gasteiger partial charge on any atom is 0.243 e. The van der Waals surface area contributed by atoms with Crippen molar-refractivity contribution in [1.29, 1.82) is 0 Å². The maximum atomic E-state index is 13.9. The second-order valence-corrected chi connectivity index (χ2v) is 10.8. The lowest BCUT2D eigenvalue weighted by atomic mass is 10.0. The molecule has 204 valence electrons. The minimum absolute atomic E-state index is 0.0673. The molecular formula is C32H35ClN2O4. The number of aryl methyl sites for hydroxylation is 1. The van der Waals surface area contributed by atoms with Crippen LogP contribution in [0.1, 0.15) is 48.8 Å². The van der Waals surface area contributed by atoms with E-state index in [2.05, 4.69) is 5.32 Å². The Kier molecular flexibility index (Phi) is 9.04. The Morgan fingerprint density at radius 2 is 1.56 bits per heavy atom. The molecule has 1 N–H and O–H groups in total.